The lowest BCUT2D eigenvalue weighted by Crippen LogP contribution is -2.38. The minimum absolute atomic E-state index is 0.203. The van der Waals surface area contributed by atoms with Crippen LogP contribution in [0.2, 0.25) is 0 Å². The summed E-state index contributed by atoms with van der Waals surface area (Å²) in [5, 5.41) is 17.9. The third kappa shape index (κ3) is 2.00. The van der Waals surface area contributed by atoms with Crippen LogP contribution in [0.4, 0.5) is 0 Å². The summed E-state index contributed by atoms with van der Waals surface area (Å²) in [6, 6.07) is 0. The van der Waals surface area contributed by atoms with E-state index in [0.29, 0.717) is 0 Å². The third-order valence-electron chi connectivity index (χ3n) is 1.57. The molecule has 3 unspecified atom stereocenters. The van der Waals surface area contributed by atoms with E-state index in [1.165, 1.54) is 7.11 Å². The fourth-order valence-electron chi connectivity index (χ4n) is 0.912. The van der Waals surface area contributed by atoms with Crippen LogP contribution in [0.25, 0.3) is 0 Å². The van der Waals surface area contributed by atoms with Gasteiger partial charge in [-0.1, -0.05) is 6.08 Å². The van der Waals surface area contributed by atoms with Crippen molar-refractivity contribution < 1.29 is 19.7 Å². The van der Waals surface area contributed by atoms with E-state index in [1.807, 2.05) is 0 Å². The Morgan fingerprint density at radius 3 is 2.82 bits per heavy atom. The van der Waals surface area contributed by atoms with Gasteiger partial charge in [-0.25, -0.2) is 0 Å². The van der Waals surface area contributed by atoms with Crippen molar-refractivity contribution >= 4 is 0 Å². The van der Waals surface area contributed by atoms with E-state index in [9.17, 15) is 0 Å². The van der Waals surface area contributed by atoms with Gasteiger partial charge in [0, 0.05) is 7.11 Å². The third-order valence-corrected chi connectivity index (χ3v) is 1.57. The van der Waals surface area contributed by atoms with E-state index in [0.717, 1.165) is 0 Å². The number of methoxy groups -OCH3 is 1. The number of ether oxygens (including phenoxy) is 2. The minimum Gasteiger partial charge on any atom is -0.394 e. The molecule has 0 fully saturated rings. The van der Waals surface area contributed by atoms with Gasteiger partial charge in [0.1, 0.15) is 12.2 Å². The molecule has 0 radical (unpaired) electrons. The summed E-state index contributed by atoms with van der Waals surface area (Å²) < 4.78 is 9.93. The van der Waals surface area contributed by atoms with Gasteiger partial charge in [-0.3, -0.25) is 0 Å². The highest BCUT2D eigenvalue weighted by Gasteiger charge is 2.24. The molecule has 1 aliphatic rings. The number of hydrogen-bond acceptors (Lipinski definition) is 4. The van der Waals surface area contributed by atoms with Gasteiger partial charge in [0.25, 0.3) is 0 Å². The van der Waals surface area contributed by atoms with Gasteiger partial charge in [0.05, 0.1) is 6.61 Å². The van der Waals surface area contributed by atoms with Crippen LogP contribution in [0.5, 0.6) is 0 Å². The first-order valence-electron chi connectivity index (χ1n) is 3.43. The Morgan fingerprint density at radius 2 is 2.27 bits per heavy atom. The molecule has 0 aromatic carbocycles. The molecule has 0 bridgehead atoms. The van der Waals surface area contributed by atoms with E-state index in [1.54, 1.807) is 12.2 Å². The molecular weight excluding hydrogens is 148 g/mol. The van der Waals surface area contributed by atoms with E-state index in [2.05, 4.69) is 0 Å². The lowest BCUT2D eigenvalue weighted by atomic mass is 10.1. The maximum atomic E-state index is 9.15. The molecule has 1 rings (SSSR count). The SMILES string of the molecule is COC1C=CC(O)C(CO)O1. The van der Waals surface area contributed by atoms with Crippen LogP contribution >= 0.6 is 0 Å². The largest absolute Gasteiger partial charge is 0.394 e. The van der Waals surface area contributed by atoms with E-state index >= 15 is 0 Å². The summed E-state index contributed by atoms with van der Waals surface area (Å²) in [7, 11) is 1.50. The Morgan fingerprint density at radius 1 is 1.55 bits per heavy atom. The van der Waals surface area contributed by atoms with Crippen molar-refractivity contribution in [2.24, 2.45) is 0 Å². The predicted molar refractivity (Wildman–Crippen MR) is 37.9 cm³/mol. The van der Waals surface area contributed by atoms with Gasteiger partial charge in [-0.05, 0) is 6.08 Å². The zero-order valence-electron chi connectivity index (χ0n) is 6.30. The molecular formula is C7H12O4. The minimum atomic E-state index is -0.730. The van der Waals surface area contributed by atoms with Crippen molar-refractivity contribution in [1.82, 2.24) is 0 Å². The summed E-state index contributed by atoms with van der Waals surface area (Å²) in [5.74, 6) is 0. The zero-order valence-corrected chi connectivity index (χ0v) is 6.30. The van der Waals surface area contributed by atoms with E-state index in [4.69, 9.17) is 19.7 Å². The average Bonchev–Trinajstić information content (AvgIpc) is 2.05. The number of rotatable bonds is 2. The molecule has 11 heavy (non-hydrogen) atoms. The molecule has 0 amide bonds. The lowest BCUT2D eigenvalue weighted by Gasteiger charge is -2.27. The summed E-state index contributed by atoms with van der Waals surface area (Å²) >= 11 is 0. The quantitative estimate of drug-likeness (QED) is 0.523. The number of aliphatic hydroxyl groups is 2. The summed E-state index contributed by atoms with van der Waals surface area (Å²) in [5.41, 5.74) is 0. The Hall–Kier alpha value is -0.420. The zero-order chi connectivity index (χ0) is 8.27. The highest BCUT2D eigenvalue weighted by molar-refractivity contribution is 4.99. The van der Waals surface area contributed by atoms with Gasteiger partial charge in [-0.15, -0.1) is 0 Å². The standard InChI is InChI=1S/C7H12O4/c1-10-7-3-2-5(9)6(4-8)11-7/h2-3,5-9H,4H2,1H3. The molecule has 4 heteroatoms. The Kier molecular flexibility index (Phi) is 3.02. The van der Waals surface area contributed by atoms with E-state index < -0.39 is 18.5 Å². The highest BCUT2D eigenvalue weighted by Crippen LogP contribution is 2.12. The molecule has 1 heterocycles. The number of hydrogen-bond donors (Lipinski definition) is 2. The molecule has 3 atom stereocenters. The maximum absolute atomic E-state index is 9.15. The number of aliphatic hydroxyl groups excluding tert-OH is 2. The average molecular weight is 160 g/mol. The molecule has 4 nitrogen and oxygen atoms in total. The normalized spacial score (nSPS) is 37.5. The second-order valence-corrected chi connectivity index (χ2v) is 2.34. The molecule has 0 aromatic heterocycles. The van der Waals surface area contributed by atoms with Crippen LogP contribution in [-0.2, 0) is 9.47 Å². The highest BCUT2D eigenvalue weighted by atomic mass is 16.7. The Balaban J connectivity index is 2.52. The first kappa shape index (κ1) is 8.67. The van der Waals surface area contributed by atoms with Crippen molar-refractivity contribution in [2.45, 2.75) is 18.5 Å². The van der Waals surface area contributed by atoms with Crippen LogP contribution in [0.1, 0.15) is 0 Å². The molecule has 64 valence electrons. The first-order valence-corrected chi connectivity index (χ1v) is 3.43. The molecule has 0 saturated heterocycles. The smallest absolute Gasteiger partial charge is 0.177 e. The predicted octanol–water partition coefficient (Wildman–Crippen LogP) is -0.733. The fraction of sp³-hybridized carbons (Fsp3) is 0.714. The molecule has 1 aliphatic heterocycles. The van der Waals surface area contributed by atoms with Crippen molar-refractivity contribution in [1.29, 1.82) is 0 Å². The molecule has 0 aliphatic carbocycles. The van der Waals surface area contributed by atoms with Gasteiger partial charge in [0.2, 0.25) is 0 Å². The van der Waals surface area contributed by atoms with Crippen LogP contribution in [0.15, 0.2) is 12.2 Å². The van der Waals surface area contributed by atoms with Crippen molar-refractivity contribution in [3.05, 3.63) is 12.2 Å². The van der Waals surface area contributed by atoms with Gasteiger partial charge < -0.3 is 19.7 Å². The molecule has 0 saturated carbocycles. The summed E-state index contributed by atoms with van der Waals surface area (Å²) in [6.07, 6.45) is 1.42. The van der Waals surface area contributed by atoms with Crippen LogP contribution in [0, 0.1) is 0 Å². The van der Waals surface area contributed by atoms with Crippen molar-refractivity contribution in [2.75, 3.05) is 13.7 Å². The van der Waals surface area contributed by atoms with Crippen molar-refractivity contribution in [3.63, 3.8) is 0 Å². The van der Waals surface area contributed by atoms with Gasteiger partial charge in [0.15, 0.2) is 6.29 Å². The topological polar surface area (TPSA) is 58.9 Å². The van der Waals surface area contributed by atoms with Gasteiger partial charge in [-0.2, -0.15) is 0 Å². The first-order chi connectivity index (χ1) is 5.27. The Bertz CT molecular complexity index is 145. The summed E-state index contributed by atoms with van der Waals surface area (Å²) in [4.78, 5) is 0. The molecule has 0 spiro atoms. The van der Waals surface area contributed by atoms with E-state index in [-0.39, 0.29) is 6.61 Å². The second-order valence-electron chi connectivity index (χ2n) is 2.34. The lowest BCUT2D eigenvalue weighted by molar-refractivity contribution is -0.168. The Labute approximate surface area is 65.0 Å². The van der Waals surface area contributed by atoms with Crippen LogP contribution < -0.4 is 0 Å². The molecule has 0 aromatic rings. The summed E-state index contributed by atoms with van der Waals surface area (Å²) in [6.45, 7) is -0.203. The van der Waals surface area contributed by atoms with Gasteiger partial charge >= 0.3 is 0 Å². The second kappa shape index (κ2) is 3.82. The van der Waals surface area contributed by atoms with Crippen molar-refractivity contribution in [3.8, 4) is 0 Å². The fourth-order valence-corrected chi connectivity index (χ4v) is 0.912. The van der Waals surface area contributed by atoms with Crippen LogP contribution in [-0.4, -0.2) is 42.4 Å². The molecule has 2 N–H and O–H groups in total. The monoisotopic (exact) mass is 160 g/mol. The van der Waals surface area contributed by atoms with Crippen LogP contribution in [0.3, 0.4) is 0 Å². The maximum Gasteiger partial charge on any atom is 0.177 e.